The van der Waals surface area contributed by atoms with E-state index in [1.165, 1.54) is 5.56 Å². The number of nitrogens with one attached hydrogen (secondary N) is 1. The highest BCUT2D eigenvalue weighted by atomic mass is 16.3. The van der Waals surface area contributed by atoms with E-state index in [-0.39, 0.29) is 5.91 Å². The molecule has 0 aliphatic carbocycles. The minimum atomic E-state index is -0.0405. The van der Waals surface area contributed by atoms with Crippen molar-refractivity contribution in [3.63, 3.8) is 0 Å². The average molecular weight is 347 g/mol. The van der Waals surface area contributed by atoms with Gasteiger partial charge >= 0.3 is 0 Å². The molecule has 2 aromatic carbocycles. The van der Waals surface area contributed by atoms with Gasteiger partial charge in [0, 0.05) is 23.4 Å². The van der Waals surface area contributed by atoms with Crippen LogP contribution in [0.5, 0.6) is 0 Å². The molecule has 0 aliphatic rings. The predicted molar refractivity (Wildman–Crippen MR) is 108 cm³/mol. The number of allylic oxidation sites excluding steroid dienone is 3. The van der Waals surface area contributed by atoms with E-state index in [4.69, 9.17) is 4.42 Å². The summed E-state index contributed by atoms with van der Waals surface area (Å²) in [6.45, 7) is 4.98. The van der Waals surface area contributed by atoms with Crippen LogP contribution in [0.1, 0.15) is 25.8 Å². The lowest BCUT2D eigenvalue weighted by Gasteiger charge is -2.07. The number of rotatable bonds is 7. The molecule has 0 aliphatic heterocycles. The van der Waals surface area contributed by atoms with Gasteiger partial charge in [-0.05, 0) is 36.1 Å². The summed E-state index contributed by atoms with van der Waals surface area (Å²) in [5.41, 5.74) is 3.05. The van der Waals surface area contributed by atoms with Crippen LogP contribution < -0.4 is 5.32 Å². The summed E-state index contributed by atoms with van der Waals surface area (Å²) in [4.78, 5) is 11.7. The first-order chi connectivity index (χ1) is 12.7. The number of carbonyl (C=O) groups is 1. The van der Waals surface area contributed by atoms with Crippen LogP contribution in [0, 0.1) is 5.92 Å². The van der Waals surface area contributed by atoms with Gasteiger partial charge < -0.3 is 9.73 Å². The Bertz CT molecular complexity index is 949. The van der Waals surface area contributed by atoms with Gasteiger partial charge in [0.15, 0.2) is 0 Å². The fourth-order valence-corrected chi connectivity index (χ4v) is 2.80. The summed E-state index contributed by atoms with van der Waals surface area (Å²) < 4.78 is 5.85. The second-order valence-electron chi connectivity index (χ2n) is 6.68. The van der Waals surface area contributed by atoms with Gasteiger partial charge in [0.1, 0.15) is 11.2 Å². The number of para-hydroxylation sites is 1. The fourth-order valence-electron chi connectivity index (χ4n) is 2.80. The summed E-state index contributed by atoms with van der Waals surface area (Å²) in [5.74, 6) is 0.470. The van der Waals surface area contributed by atoms with Crippen molar-refractivity contribution in [3.8, 4) is 0 Å². The third-order valence-electron chi connectivity index (χ3n) is 4.61. The van der Waals surface area contributed by atoms with Crippen molar-refractivity contribution in [1.82, 2.24) is 5.32 Å². The van der Waals surface area contributed by atoms with Gasteiger partial charge in [-0.2, -0.15) is 0 Å². The number of fused-ring (bicyclic) bond motifs is 3. The molecule has 1 heterocycles. The van der Waals surface area contributed by atoms with E-state index >= 15 is 0 Å². The topological polar surface area (TPSA) is 42.2 Å². The molecule has 1 atom stereocenters. The molecule has 0 radical (unpaired) electrons. The summed E-state index contributed by atoms with van der Waals surface area (Å²) in [6, 6.07) is 14.4. The van der Waals surface area contributed by atoms with E-state index in [2.05, 4.69) is 43.4 Å². The highest BCUT2D eigenvalue weighted by molar-refractivity contribution is 6.04. The first kappa shape index (κ1) is 18.0. The zero-order valence-corrected chi connectivity index (χ0v) is 15.4. The largest absolute Gasteiger partial charge is 0.456 e. The Hall–Kier alpha value is -2.81. The monoisotopic (exact) mass is 347 g/mol. The van der Waals surface area contributed by atoms with E-state index in [0.29, 0.717) is 5.92 Å². The number of hydrogen-bond donors (Lipinski definition) is 1. The minimum absolute atomic E-state index is 0.0405. The van der Waals surface area contributed by atoms with Crippen molar-refractivity contribution < 1.29 is 9.21 Å². The van der Waals surface area contributed by atoms with Gasteiger partial charge in [0.05, 0.1) is 0 Å². The number of amides is 1. The number of furan rings is 1. The maximum Gasteiger partial charge on any atom is 0.243 e. The smallest absolute Gasteiger partial charge is 0.243 e. The Morgan fingerprint density at radius 2 is 1.92 bits per heavy atom. The zero-order chi connectivity index (χ0) is 18.4. The van der Waals surface area contributed by atoms with Crippen LogP contribution in [0.2, 0.25) is 0 Å². The molecule has 1 aromatic heterocycles. The van der Waals surface area contributed by atoms with Crippen molar-refractivity contribution in [2.75, 3.05) is 6.54 Å². The van der Waals surface area contributed by atoms with Gasteiger partial charge in [-0.25, -0.2) is 0 Å². The van der Waals surface area contributed by atoms with Gasteiger partial charge in [-0.15, -0.1) is 0 Å². The Labute approximate surface area is 154 Å². The molecular weight excluding hydrogens is 322 g/mol. The lowest BCUT2D eigenvalue weighted by molar-refractivity contribution is -0.116. The molecule has 0 saturated carbocycles. The molecule has 3 nitrogen and oxygen atoms in total. The van der Waals surface area contributed by atoms with Gasteiger partial charge in [-0.1, -0.05) is 62.8 Å². The molecule has 0 spiro atoms. The Morgan fingerprint density at radius 1 is 1.12 bits per heavy atom. The van der Waals surface area contributed by atoms with Crippen molar-refractivity contribution in [2.24, 2.45) is 5.92 Å². The highest BCUT2D eigenvalue weighted by Gasteiger charge is 2.06. The Morgan fingerprint density at radius 3 is 2.77 bits per heavy atom. The van der Waals surface area contributed by atoms with Crippen molar-refractivity contribution in [3.05, 3.63) is 72.3 Å². The lowest BCUT2D eigenvalue weighted by atomic mass is 10.1. The number of benzene rings is 2. The van der Waals surface area contributed by atoms with Gasteiger partial charge in [0.25, 0.3) is 0 Å². The Balaban J connectivity index is 1.59. The molecule has 26 heavy (non-hydrogen) atoms. The third-order valence-corrected chi connectivity index (χ3v) is 4.61. The molecule has 3 aromatic rings. The molecular formula is C23H25NO2. The predicted octanol–water partition coefficient (Wildman–Crippen LogP) is 5.40. The van der Waals surface area contributed by atoms with Crippen LogP contribution in [0.15, 0.2) is 71.2 Å². The molecule has 0 saturated heterocycles. The van der Waals surface area contributed by atoms with Crippen molar-refractivity contribution in [2.45, 2.75) is 26.7 Å². The second-order valence-corrected chi connectivity index (χ2v) is 6.68. The summed E-state index contributed by atoms with van der Waals surface area (Å²) in [5, 5.41) is 5.20. The van der Waals surface area contributed by atoms with Crippen molar-refractivity contribution >= 4 is 27.8 Å². The van der Waals surface area contributed by atoms with Crippen molar-refractivity contribution in [1.29, 1.82) is 0 Å². The lowest BCUT2D eigenvalue weighted by Crippen LogP contribution is -2.26. The number of carbonyl (C=O) groups excluding carboxylic acids is 1. The minimum Gasteiger partial charge on any atom is -0.456 e. The zero-order valence-electron chi connectivity index (χ0n) is 15.4. The summed E-state index contributed by atoms with van der Waals surface area (Å²) in [6.07, 6.45) is 9.22. The molecule has 0 fully saturated rings. The van der Waals surface area contributed by atoms with E-state index < -0.39 is 0 Å². The average Bonchev–Trinajstić information content (AvgIpc) is 3.03. The quantitative estimate of drug-likeness (QED) is 0.459. The second kappa shape index (κ2) is 8.52. The molecule has 0 bridgehead atoms. The first-order valence-electron chi connectivity index (χ1n) is 9.18. The third kappa shape index (κ3) is 4.42. The summed E-state index contributed by atoms with van der Waals surface area (Å²) >= 11 is 0. The van der Waals surface area contributed by atoms with Crippen LogP contribution in [-0.4, -0.2) is 12.5 Å². The maximum absolute atomic E-state index is 11.7. The van der Waals surface area contributed by atoms with E-state index in [1.54, 1.807) is 12.2 Å². The van der Waals surface area contributed by atoms with Gasteiger partial charge in [0.2, 0.25) is 5.91 Å². The normalized spacial score (nSPS) is 13.2. The van der Waals surface area contributed by atoms with Crippen LogP contribution in [-0.2, 0) is 11.2 Å². The molecule has 134 valence electrons. The summed E-state index contributed by atoms with van der Waals surface area (Å²) in [7, 11) is 0. The standard InChI is InChI=1S/C23H25NO2/c1-3-17(2)16-24-23(25)12-6-4-5-9-18-13-14-22-20(15-18)19-10-7-8-11-21(19)26-22/h4-8,10-15,17H,3,9,16H2,1-2H3,(H,24,25)/b5-4+,12-6+. The molecule has 3 rings (SSSR count). The molecule has 1 N–H and O–H groups in total. The number of hydrogen-bond acceptors (Lipinski definition) is 2. The Kier molecular flexibility index (Phi) is 5.90. The van der Waals surface area contributed by atoms with Gasteiger partial charge in [-0.3, -0.25) is 4.79 Å². The van der Waals surface area contributed by atoms with Crippen LogP contribution >= 0.6 is 0 Å². The van der Waals surface area contributed by atoms with Crippen LogP contribution in [0.3, 0.4) is 0 Å². The van der Waals surface area contributed by atoms with E-state index in [1.807, 2.05) is 30.3 Å². The maximum atomic E-state index is 11.7. The van der Waals surface area contributed by atoms with Crippen LogP contribution in [0.4, 0.5) is 0 Å². The molecule has 3 heteroatoms. The molecule has 1 unspecified atom stereocenters. The van der Waals surface area contributed by atoms with E-state index in [9.17, 15) is 4.79 Å². The first-order valence-corrected chi connectivity index (χ1v) is 9.18. The fraction of sp³-hybridized carbons (Fsp3) is 0.261. The SMILES string of the molecule is CCC(C)CNC(=O)/C=C/C=C/Cc1ccc2oc3ccccc3c2c1. The highest BCUT2D eigenvalue weighted by Crippen LogP contribution is 2.29. The van der Waals surface area contributed by atoms with Crippen LogP contribution in [0.25, 0.3) is 21.9 Å². The van der Waals surface area contributed by atoms with E-state index in [0.717, 1.165) is 41.3 Å². The molecule has 1 amide bonds.